The van der Waals surface area contributed by atoms with E-state index in [0.717, 1.165) is 29.6 Å². The summed E-state index contributed by atoms with van der Waals surface area (Å²) in [4.78, 5) is 0. The van der Waals surface area contributed by atoms with Crippen molar-refractivity contribution in [1.29, 1.82) is 0 Å². The molecule has 0 bridgehead atoms. The minimum Gasteiger partial charge on any atom is -0.103 e. The van der Waals surface area contributed by atoms with Gasteiger partial charge in [-0.2, -0.15) is 0 Å². The Bertz CT molecular complexity index is 424. The Morgan fingerprint density at radius 3 is 2.43 bits per heavy atom. The molecule has 21 heavy (non-hydrogen) atoms. The van der Waals surface area contributed by atoms with Crippen molar-refractivity contribution in [2.45, 2.75) is 78.1 Å². The summed E-state index contributed by atoms with van der Waals surface area (Å²) in [5.74, 6) is 4.99. The molecule has 0 N–H and O–H groups in total. The average Bonchev–Trinajstić information content (AvgIpc) is 2.83. The molecule has 0 nitrogen and oxygen atoms in total. The molecule has 4 fully saturated rings. The number of rotatable bonds is 1. The molecule has 0 spiro atoms. The van der Waals surface area contributed by atoms with E-state index in [-0.39, 0.29) is 0 Å². The summed E-state index contributed by atoms with van der Waals surface area (Å²) in [6.45, 7) is 9.47. The molecule has 4 rings (SSSR count). The molecule has 0 aliphatic heterocycles. The molecule has 118 valence electrons. The second kappa shape index (κ2) is 4.87. The Balaban J connectivity index is 1.64. The molecular weight excluding hydrogens is 252 g/mol. The van der Waals surface area contributed by atoms with Crippen LogP contribution >= 0.6 is 0 Å². The van der Waals surface area contributed by atoms with Crippen molar-refractivity contribution in [3.05, 3.63) is 12.7 Å². The average molecular weight is 287 g/mol. The second-order valence-corrected chi connectivity index (χ2v) is 9.37. The van der Waals surface area contributed by atoms with Gasteiger partial charge in [-0.15, -0.1) is 6.58 Å². The van der Waals surface area contributed by atoms with Crippen molar-refractivity contribution >= 4 is 0 Å². The SMILES string of the molecule is C=C[C@H]1CC[C@H]2[C@@H]3CC[C@@H]4CCCC[C@]4(C)[C@H]3CC[C@]12C. The predicted octanol–water partition coefficient (Wildman–Crippen LogP) is 6.22. The van der Waals surface area contributed by atoms with Gasteiger partial charge in [0.05, 0.1) is 0 Å². The molecule has 0 aromatic heterocycles. The number of hydrogen-bond donors (Lipinski definition) is 0. The minimum atomic E-state index is 0.598. The van der Waals surface area contributed by atoms with E-state index >= 15 is 0 Å². The Hall–Kier alpha value is -0.260. The molecule has 0 amide bonds. The lowest BCUT2D eigenvalue weighted by Crippen LogP contribution is -2.52. The normalized spacial score (nSPS) is 56.2. The van der Waals surface area contributed by atoms with Crippen LogP contribution in [0.1, 0.15) is 78.1 Å². The molecule has 0 radical (unpaired) electrons. The first kappa shape index (κ1) is 14.3. The van der Waals surface area contributed by atoms with Gasteiger partial charge in [0.25, 0.3) is 0 Å². The first-order valence-electron chi connectivity index (χ1n) is 9.72. The van der Waals surface area contributed by atoms with Gasteiger partial charge < -0.3 is 0 Å². The van der Waals surface area contributed by atoms with E-state index in [2.05, 4.69) is 26.5 Å². The zero-order chi connectivity index (χ0) is 14.7. The molecule has 0 aromatic rings. The molecule has 4 saturated carbocycles. The predicted molar refractivity (Wildman–Crippen MR) is 90.0 cm³/mol. The monoisotopic (exact) mass is 286 g/mol. The van der Waals surface area contributed by atoms with Gasteiger partial charge in [0.15, 0.2) is 0 Å². The molecule has 0 aromatic carbocycles. The van der Waals surface area contributed by atoms with Crippen molar-refractivity contribution < 1.29 is 0 Å². The van der Waals surface area contributed by atoms with Crippen LogP contribution < -0.4 is 0 Å². The van der Waals surface area contributed by atoms with Gasteiger partial charge in [-0.25, -0.2) is 0 Å². The van der Waals surface area contributed by atoms with E-state index in [1.807, 2.05) is 0 Å². The largest absolute Gasteiger partial charge is 0.103 e. The lowest BCUT2D eigenvalue weighted by Gasteiger charge is -2.60. The molecule has 4 aliphatic carbocycles. The molecule has 0 heteroatoms. The summed E-state index contributed by atoms with van der Waals surface area (Å²) in [7, 11) is 0. The molecule has 0 unspecified atom stereocenters. The summed E-state index contributed by atoms with van der Waals surface area (Å²) in [5, 5.41) is 0. The van der Waals surface area contributed by atoms with Crippen molar-refractivity contribution in [3.63, 3.8) is 0 Å². The van der Waals surface area contributed by atoms with Crippen LogP contribution in [-0.2, 0) is 0 Å². The van der Waals surface area contributed by atoms with Crippen LogP contribution in [0.3, 0.4) is 0 Å². The Labute approximate surface area is 131 Å². The highest BCUT2D eigenvalue weighted by atomic mass is 14.6. The van der Waals surface area contributed by atoms with E-state index < -0.39 is 0 Å². The van der Waals surface area contributed by atoms with Crippen molar-refractivity contribution in [2.75, 3.05) is 0 Å². The Kier molecular flexibility index (Phi) is 3.32. The topological polar surface area (TPSA) is 0 Å². The van der Waals surface area contributed by atoms with E-state index in [9.17, 15) is 0 Å². The van der Waals surface area contributed by atoms with Crippen LogP contribution in [0, 0.1) is 40.4 Å². The van der Waals surface area contributed by atoms with Gasteiger partial charge in [0, 0.05) is 0 Å². The fourth-order valence-corrected chi connectivity index (χ4v) is 7.72. The number of fused-ring (bicyclic) bond motifs is 5. The van der Waals surface area contributed by atoms with Crippen LogP contribution in [-0.4, -0.2) is 0 Å². The standard InChI is InChI=1S/C21H34/c1-4-15-9-11-18-17-10-8-16-7-5-6-13-20(16,2)19(17)12-14-21(15,18)3/h4,15-19H,1,5-14H2,2-3H3/t15-,16-,17-,18-,19-,20-,21+/m0/s1. The van der Waals surface area contributed by atoms with E-state index in [0.29, 0.717) is 10.8 Å². The lowest BCUT2D eigenvalue weighted by molar-refractivity contribution is -0.107. The summed E-state index contributed by atoms with van der Waals surface area (Å²) in [6, 6.07) is 0. The van der Waals surface area contributed by atoms with Crippen LogP contribution in [0.25, 0.3) is 0 Å². The van der Waals surface area contributed by atoms with E-state index in [1.54, 1.807) is 12.8 Å². The van der Waals surface area contributed by atoms with Crippen molar-refractivity contribution in [1.82, 2.24) is 0 Å². The van der Waals surface area contributed by atoms with Gasteiger partial charge in [-0.1, -0.05) is 32.8 Å². The molecular formula is C21H34. The van der Waals surface area contributed by atoms with Crippen LogP contribution in [0.5, 0.6) is 0 Å². The smallest absolute Gasteiger partial charge is 0.0179 e. The van der Waals surface area contributed by atoms with Crippen LogP contribution in [0.4, 0.5) is 0 Å². The molecule has 0 heterocycles. The van der Waals surface area contributed by atoms with Gasteiger partial charge in [0.1, 0.15) is 0 Å². The van der Waals surface area contributed by atoms with Crippen molar-refractivity contribution in [2.24, 2.45) is 40.4 Å². The third-order valence-corrected chi connectivity index (χ3v) is 8.94. The fraction of sp³-hybridized carbons (Fsp3) is 0.905. The van der Waals surface area contributed by atoms with Crippen LogP contribution in [0.2, 0.25) is 0 Å². The lowest BCUT2D eigenvalue weighted by atomic mass is 9.45. The van der Waals surface area contributed by atoms with E-state index in [1.165, 1.54) is 51.4 Å². The maximum atomic E-state index is 4.16. The molecule has 0 saturated heterocycles. The van der Waals surface area contributed by atoms with Gasteiger partial charge in [-0.3, -0.25) is 0 Å². The summed E-state index contributed by atoms with van der Waals surface area (Å²) < 4.78 is 0. The maximum absolute atomic E-state index is 4.16. The quantitative estimate of drug-likeness (QED) is 0.502. The third kappa shape index (κ3) is 1.86. The summed E-state index contributed by atoms with van der Waals surface area (Å²) >= 11 is 0. The highest BCUT2D eigenvalue weighted by Crippen LogP contribution is 2.67. The first-order chi connectivity index (χ1) is 10.1. The van der Waals surface area contributed by atoms with Gasteiger partial charge >= 0.3 is 0 Å². The molecule has 4 aliphatic rings. The van der Waals surface area contributed by atoms with Crippen molar-refractivity contribution in [3.8, 4) is 0 Å². The maximum Gasteiger partial charge on any atom is -0.0179 e. The van der Waals surface area contributed by atoms with Crippen LogP contribution in [0.15, 0.2) is 12.7 Å². The Morgan fingerprint density at radius 1 is 0.810 bits per heavy atom. The third-order valence-electron chi connectivity index (χ3n) is 8.94. The zero-order valence-corrected chi connectivity index (χ0v) is 14.2. The first-order valence-corrected chi connectivity index (χ1v) is 9.72. The summed E-state index contributed by atoms with van der Waals surface area (Å²) in [5.41, 5.74) is 1.30. The van der Waals surface area contributed by atoms with E-state index in [4.69, 9.17) is 0 Å². The highest BCUT2D eigenvalue weighted by Gasteiger charge is 2.58. The van der Waals surface area contributed by atoms with Gasteiger partial charge in [-0.05, 0) is 91.8 Å². The summed E-state index contributed by atoms with van der Waals surface area (Å²) in [6.07, 6.45) is 17.4. The fourth-order valence-electron chi connectivity index (χ4n) is 7.72. The second-order valence-electron chi connectivity index (χ2n) is 9.37. The number of allylic oxidation sites excluding steroid dienone is 1. The zero-order valence-electron chi connectivity index (χ0n) is 14.2. The highest BCUT2D eigenvalue weighted by molar-refractivity contribution is 5.11. The minimum absolute atomic E-state index is 0.598. The Morgan fingerprint density at radius 2 is 1.62 bits per heavy atom. The van der Waals surface area contributed by atoms with Gasteiger partial charge in [0.2, 0.25) is 0 Å². The number of hydrogen-bond acceptors (Lipinski definition) is 0. The molecule has 7 atom stereocenters.